The molecule has 3 saturated heterocycles. The average Bonchev–Trinajstić information content (AvgIpc) is 3.84. The summed E-state index contributed by atoms with van der Waals surface area (Å²) in [6, 6.07) is 7.17. The van der Waals surface area contributed by atoms with Crippen molar-refractivity contribution in [3.8, 4) is 22.9 Å². The quantitative estimate of drug-likeness (QED) is 0.194. The van der Waals surface area contributed by atoms with Crippen molar-refractivity contribution < 1.29 is 14.3 Å². The van der Waals surface area contributed by atoms with E-state index < -0.39 is 0 Å². The number of nitrogens with one attached hydrogen (secondary N) is 1. The summed E-state index contributed by atoms with van der Waals surface area (Å²) >= 11 is 0. The topological polar surface area (TPSA) is 99.7 Å². The number of amides is 1. The van der Waals surface area contributed by atoms with Crippen molar-refractivity contribution in [1.82, 2.24) is 30.0 Å². The van der Waals surface area contributed by atoms with Gasteiger partial charge in [0.2, 0.25) is 5.91 Å². The fourth-order valence-electron chi connectivity index (χ4n) is 8.77. The van der Waals surface area contributed by atoms with Crippen molar-refractivity contribution in [2.75, 3.05) is 50.7 Å². The van der Waals surface area contributed by atoms with E-state index in [4.69, 9.17) is 19.4 Å². The van der Waals surface area contributed by atoms with E-state index in [-0.39, 0.29) is 23.5 Å². The summed E-state index contributed by atoms with van der Waals surface area (Å²) in [5, 5.41) is 9.84. The van der Waals surface area contributed by atoms with Crippen molar-refractivity contribution in [3.63, 3.8) is 0 Å². The summed E-state index contributed by atoms with van der Waals surface area (Å²) in [6.45, 7) is 14.6. The second-order valence-electron chi connectivity index (χ2n) is 15.6. The molecule has 3 aliphatic heterocycles. The highest BCUT2D eigenvalue weighted by atomic mass is 16.5. The van der Waals surface area contributed by atoms with Gasteiger partial charge in [0.1, 0.15) is 17.4 Å². The van der Waals surface area contributed by atoms with E-state index in [9.17, 15) is 4.79 Å². The number of rotatable bonds is 9. The Kier molecular flexibility index (Phi) is 7.97. The highest BCUT2D eigenvalue weighted by Crippen LogP contribution is 2.54. The van der Waals surface area contributed by atoms with Crippen LogP contribution in [0.25, 0.3) is 32.9 Å². The van der Waals surface area contributed by atoms with Crippen LogP contribution in [0.1, 0.15) is 81.8 Å². The Balaban J connectivity index is 1.18. The summed E-state index contributed by atoms with van der Waals surface area (Å²) in [5.74, 6) is 2.34. The van der Waals surface area contributed by atoms with Crippen LogP contribution in [0.3, 0.4) is 0 Å². The lowest BCUT2D eigenvalue weighted by Crippen LogP contribution is -2.61. The van der Waals surface area contributed by atoms with Gasteiger partial charge in [-0.15, -0.1) is 0 Å². The first-order valence-electron chi connectivity index (χ1n) is 19.0. The van der Waals surface area contributed by atoms with E-state index in [1.807, 2.05) is 11.1 Å². The van der Waals surface area contributed by atoms with Crippen molar-refractivity contribution >= 4 is 33.5 Å². The molecular weight excluding hydrogens is 626 g/mol. The second-order valence-corrected chi connectivity index (χ2v) is 15.6. The molecule has 1 amide bonds. The van der Waals surface area contributed by atoms with Gasteiger partial charge >= 0.3 is 6.01 Å². The molecule has 1 spiro atoms. The van der Waals surface area contributed by atoms with E-state index >= 15 is 0 Å². The Morgan fingerprint density at radius 3 is 2.42 bits per heavy atom. The molecule has 1 N–H and O–H groups in total. The maximum Gasteiger partial charge on any atom is 0.319 e. The minimum absolute atomic E-state index is 0.0372. The van der Waals surface area contributed by atoms with E-state index in [1.165, 1.54) is 47.6 Å². The summed E-state index contributed by atoms with van der Waals surface area (Å²) < 4.78 is 13.9. The monoisotopic (exact) mass is 675 g/mol. The van der Waals surface area contributed by atoms with Crippen molar-refractivity contribution in [2.24, 2.45) is 5.41 Å². The highest BCUT2D eigenvalue weighted by molar-refractivity contribution is 6.06. The standard InChI is InChI=1S/C40H49N7O3/c1-4-33(48)47-23-40(24-47)15-19-46(20-16-40)38-30-21-29(26-10-11-26)35(34-25(3)9-12-32-31(34)22-41-44-32)37(49-27-7-6-8-27)36(30)42-39(43-38)50-28-13-17-45(5-2)18-14-28/h4,9,12,21-22,26-28H,1,5-8,10-11,13-20,23-24H2,2-3H3,(H,41,44). The lowest BCUT2D eigenvalue weighted by molar-refractivity contribution is -0.139. The van der Waals surface area contributed by atoms with Gasteiger partial charge in [0.25, 0.3) is 0 Å². The first kappa shape index (κ1) is 31.8. The first-order valence-corrected chi connectivity index (χ1v) is 19.0. The Morgan fingerprint density at radius 1 is 0.980 bits per heavy atom. The van der Waals surface area contributed by atoms with Gasteiger partial charge in [-0.2, -0.15) is 15.1 Å². The predicted molar refractivity (Wildman–Crippen MR) is 196 cm³/mol. The maximum absolute atomic E-state index is 12.3. The number of H-pyrrole nitrogens is 1. The number of aromatic nitrogens is 4. The molecule has 5 heterocycles. The largest absolute Gasteiger partial charge is 0.487 e. The zero-order chi connectivity index (χ0) is 34.0. The van der Waals surface area contributed by atoms with Gasteiger partial charge in [-0.1, -0.05) is 19.6 Å². The lowest BCUT2D eigenvalue weighted by Gasteiger charge is -2.54. The first-order chi connectivity index (χ1) is 24.4. The number of nitrogens with zero attached hydrogens (tertiary/aromatic N) is 6. The fraction of sp³-hybridized carbons (Fsp3) is 0.550. The predicted octanol–water partition coefficient (Wildman–Crippen LogP) is 6.77. The summed E-state index contributed by atoms with van der Waals surface area (Å²) in [4.78, 5) is 29.7. The van der Waals surface area contributed by atoms with Crippen LogP contribution in [0.15, 0.2) is 37.1 Å². The van der Waals surface area contributed by atoms with Crippen LogP contribution in [-0.4, -0.2) is 93.9 Å². The van der Waals surface area contributed by atoms with Gasteiger partial charge in [-0.25, -0.2) is 0 Å². The molecule has 10 heteroatoms. The maximum atomic E-state index is 12.3. The molecule has 2 aliphatic carbocycles. The number of benzene rings is 2. The molecule has 2 aromatic heterocycles. The normalized spacial score (nSPS) is 21.4. The third-order valence-corrected chi connectivity index (χ3v) is 12.3. The van der Waals surface area contributed by atoms with Gasteiger partial charge in [0, 0.05) is 61.0 Å². The van der Waals surface area contributed by atoms with Crippen molar-refractivity contribution in [2.45, 2.75) is 89.8 Å². The molecule has 0 radical (unpaired) electrons. The number of piperidine rings is 2. The molecule has 0 atom stereocenters. The molecule has 0 bridgehead atoms. The number of aromatic amines is 1. The van der Waals surface area contributed by atoms with Gasteiger partial charge in [0.05, 0.1) is 17.8 Å². The van der Waals surface area contributed by atoms with Crippen molar-refractivity contribution in [3.05, 3.63) is 48.2 Å². The lowest BCUT2D eigenvalue weighted by atomic mass is 9.72. The van der Waals surface area contributed by atoms with E-state index in [0.717, 1.165) is 118 Å². The molecule has 2 aromatic carbocycles. The van der Waals surface area contributed by atoms with Crippen molar-refractivity contribution in [1.29, 1.82) is 0 Å². The average molecular weight is 676 g/mol. The number of likely N-dealkylation sites (tertiary alicyclic amines) is 2. The summed E-state index contributed by atoms with van der Waals surface area (Å²) in [5.41, 5.74) is 6.96. The Bertz CT molecular complexity index is 1940. The summed E-state index contributed by atoms with van der Waals surface area (Å²) in [6.07, 6.45) is 13.3. The zero-order valence-electron chi connectivity index (χ0n) is 29.5. The van der Waals surface area contributed by atoms with Crippen LogP contribution in [0, 0.1) is 12.3 Å². The van der Waals surface area contributed by atoms with E-state index in [1.54, 1.807) is 0 Å². The van der Waals surface area contributed by atoms with Crippen LogP contribution < -0.4 is 14.4 Å². The molecule has 9 rings (SSSR count). The van der Waals surface area contributed by atoms with E-state index in [2.05, 4.69) is 58.6 Å². The fourth-order valence-corrected chi connectivity index (χ4v) is 8.77. The van der Waals surface area contributed by atoms with Crippen LogP contribution in [-0.2, 0) is 4.79 Å². The second kappa shape index (κ2) is 12.5. The van der Waals surface area contributed by atoms with Gasteiger partial charge in [0.15, 0.2) is 5.75 Å². The minimum Gasteiger partial charge on any atom is -0.487 e. The molecule has 4 aromatic rings. The molecule has 2 saturated carbocycles. The Morgan fingerprint density at radius 2 is 1.74 bits per heavy atom. The SMILES string of the molecule is C=CC(=O)N1CC2(CCN(c3nc(OC4CCN(CC)CC4)nc4c(OC5CCC5)c(-c5c(C)ccc6[nH]ncc56)c(C5CC5)cc34)CC2)C1. The third-order valence-electron chi connectivity index (χ3n) is 12.3. The minimum atomic E-state index is 0.0372. The molecule has 262 valence electrons. The highest BCUT2D eigenvalue weighted by Gasteiger charge is 2.46. The number of fused-ring (bicyclic) bond motifs is 2. The molecule has 50 heavy (non-hydrogen) atoms. The number of aryl methyl sites for hydroxylation is 1. The Labute approximate surface area is 294 Å². The summed E-state index contributed by atoms with van der Waals surface area (Å²) in [7, 11) is 0. The van der Waals surface area contributed by atoms with Gasteiger partial charge in [-0.05, 0) is 112 Å². The number of carbonyl (C=O) groups excluding carboxylic acids is 1. The molecule has 0 unspecified atom stereocenters. The molecule has 5 fully saturated rings. The molecule has 5 aliphatic rings. The van der Waals surface area contributed by atoms with Gasteiger partial charge in [-0.3, -0.25) is 9.89 Å². The van der Waals surface area contributed by atoms with Gasteiger partial charge < -0.3 is 24.2 Å². The zero-order valence-corrected chi connectivity index (χ0v) is 29.5. The smallest absolute Gasteiger partial charge is 0.319 e. The van der Waals surface area contributed by atoms with Crippen LogP contribution >= 0.6 is 0 Å². The van der Waals surface area contributed by atoms with Crippen LogP contribution in [0.4, 0.5) is 5.82 Å². The third kappa shape index (κ3) is 5.60. The Hall–Kier alpha value is -4.18. The number of carbonyl (C=O) groups is 1. The number of hydrogen-bond acceptors (Lipinski definition) is 8. The number of hydrogen-bond donors (Lipinski definition) is 1. The molecular formula is C40H49N7O3. The van der Waals surface area contributed by atoms with Crippen LogP contribution in [0.5, 0.6) is 11.8 Å². The number of anilines is 1. The van der Waals surface area contributed by atoms with E-state index in [0.29, 0.717) is 11.9 Å². The molecule has 10 nitrogen and oxygen atoms in total. The van der Waals surface area contributed by atoms with Crippen LogP contribution in [0.2, 0.25) is 0 Å². The number of ether oxygens (including phenoxy) is 2.